The first-order chi connectivity index (χ1) is 14.7. The molecular formula is C22H28N4O3S. The first kappa shape index (κ1) is 22.3. The summed E-state index contributed by atoms with van der Waals surface area (Å²) in [6.45, 7) is 3.94. The second-order valence-corrected chi connectivity index (χ2v) is 7.36. The number of aliphatic hydroxyl groups is 1. The molecule has 3 rings (SSSR count). The molecule has 5 N–H and O–H groups in total. The van der Waals surface area contributed by atoms with Gasteiger partial charge in [0.2, 0.25) is 0 Å². The molecule has 0 unspecified atom stereocenters. The van der Waals surface area contributed by atoms with E-state index in [0.717, 1.165) is 18.8 Å². The van der Waals surface area contributed by atoms with E-state index in [9.17, 15) is 9.59 Å². The highest BCUT2D eigenvalue weighted by Gasteiger charge is 2.33. The van der Waals surface area contributed by atoms with Gasteiger partial charge in [0.15, 0.2) is 11.6 Å². The normalized spacial score (nSPS) is 12.5. The highest BCUT2D eigenvalue weighted by atomic mass is 32.1. The van der Waals surface area contributed by atoms with Gasteiger partial charge in [-0.25, -0.2) is 0 Å². The third-order valence-electron chi connectivity index (χ3n) is 4.89. The molecule has 0 heterocycles. The van der Waals surface area contributed by atoms with Crippen LogP contribution in [0.25, 0.3) is 0 Å². The van der Waals surface area contributed by atoms with Gasteiger partial charge in [0, 0.05) is 67.5 Å². The molecule has 1 aliphatic rings. The van der Waals surface area contributed by atoms with Gasteiger partial charge < -0.3 is 26.4 Å². The van der Waals surface area contributed by atoms with Crippen molar-refractivity contribution in [2.45, 2.75) is 0 Å². The first-order valence-corrected chi connectivity index (χ1v) is 10.8. The number of benzene rings is 2. The summed E-state index contributed by atoms with van der Waals surface area (Å²) in [5.41, 5.74) is 3.00. The van der Waals surface area contributed by atoms with Crippen LogP contribution in [0.5, 0.6) is 0 Å². The van der Waals surface area contributed by atoms with Gasteiger partial charge in [0.1, 0.15) is 0 Å². The lowest BCUT2D eigenvalue weighted by Crippen LogP contribution is -2.28. The Bertz CT molecular complexity index is 832. The Hall–Kier alpha value is -2.39. The number of thiol groups is 1. The van der Waals surface area contributed by atoms with Crippen molar-refractivity contribution in [3.8, 4) is 0 Å². The van der Waals surface area contributed by atoms with Crippen molar-refractivity contribution in [1.82, 2.24) is 10.6 Å². The number of hydrogen-bond donors (Lipinski definition) is 6. The van der Waals surface area contributed by atoms with Crippen molar-refractivity contribution >= 4 is 35.6 Å². The van der Waals surface area contributed by atoms with Gasteiger partial charge in [-0.05, 0) is 12.1 Å². The van der Waals surface area contributed by atoms with E-state index in [1.807, 2.05) is 12.1 Å². The van der Waals surface area contributed by atoms with Crippen LogP contribution in [-0.4, -0.2) is 68.3 Å². The molecule has 2 aromatic carbocycles. The largest absolute Gasteiger partial charge is 0.395 e. The van der Waals surface area contributed by atoms with E-state index in [1.54, 1.807) is 24.3 Å². The zero-order chi connectivity index (χ0) is 21.3. The minimum atomic E-state index is -0.150. The lowest BCUT2D eigenvalue weighted by atomic mass is 9.82. The maximum atomic E-state index is 13.3. The highest BCUT2D eigenvalue weighted by molar-refractivity contribution is 7.80. The number of rotatable bonds is 12. The van der Waals surface area contributed by atoms with Crippen molar-refractivity contribution < 1.29 is 14.7 Å². The lowest BCUT2D eigenvalue weighted by molar-refractivity contribution is 0.0980. The number of carbonyl (C=O) groups is 2. The van der Waals surface area contributed by atoms with E-state index in [2.05, 4.69) is 33.9 Å². The van der Waals surface area contributed by atoms with Crippen LogP contribution in [0.15, 0.2) is 36.4 Å². The average molecular weight is 429 g/mol. The second-order valence-electron chi connectivity index (χ2n) is 6.92. The third-order valence-corrected chi connectivity index (χ3v) is 5.11. The lowest BCUT2D eigenvalue weighted by Gasteiger charge is -2.24. The Morgan fingerprint density at radius 2 is 1.20 bits per heavy atom. The highest BCUT2D eigenvalue weighted by Crippen LogP contribution is 2.36. The van der Waals surface area contributed by atoms with Crippen LogP contribution in [0, 0.1) is 0 Å². The van der Waals surface area contributed by atoms with Gasteiger partial charge in [0.05, 0.1) is 17.7 Å². The molecule has 30 heavy (non-hydrogen) atoms. The smallest absolute Gasteiger partial charge is 0.196 e. The fourth-order valence-corrected chi connectivity index (χ4v) is 3.65. The fourth-order valence-electron chi connectivity index (χ4n) is 3.50. The predicted octanol–water partition coefficient (Wildman–Crippen LogP) is 1.39. The molecule has 0 saturated carbocycles. The standard InChI is InChI=1S/C22H28N4O3S/c27-13-11-23-7-9-25-17-5-6-18(26-10-8-24-12-14-30)20-19(17)21(28)15-3-1-2-4-16(15)22(20)29/h1-6,23-27,30H,7-14H2. The molecule has 0 saturated heterocycles. The Labute approximate surface area is 182 Å². The summed E-state index contributed by atoms with van der Waals surface area (Å²) in [5.74, 6) is 0.461. The quantitative estimate of drug-likeness (QED) is 0.191. The first-order valence-electron chi connectivity index (χ1n) is 10.2. The molecule has 0 fully saturated rings. The van der Waals surface area contributed by atoms with Crippen LogP contribution in [0.1, 0.15) is 31.8 Å². The number of nitrogens with one attached hydrogen (secondary N) is 4. The Balaban J connectivity index is 1.88. The van der Waals surface area contributed by atoms with Crippen molar-refractivity contribution in [2.24, 2.45) is 0 Å². The molecule has 0 spiro atoms. The molecule has 7 nitrogen and oxygen atoms in total. The summed E-state index contributed by atoms with van der Waals surface area (Å²) in [7, 11) is 0. The summed E-state index contributed by atoms with van der Waals surface area (Å²) in [6, 6.07) is 10.6. The molecule has 0 radical (unpaired) electrons. The van der Waals surface area contributed by atoms with Gasteiger partial charge in [0.25, 0.3) is 0 Å². The number of anilines is 2. The Kier molecular flexibility index (Phi) is 8.27. The summed E-state index contributed by atoms with van der Waals surface area (Å²) < 4.78 is 0. The van der Waals surface area contributed by atoms with Crippen LogP contribution >= 0.6 is 12.6 Å². The maximum absolute atomic E-state index is 13.3. The molecule has 0 amide bonds. The molecular weight excluding hydrogens is 400 g/mol. The van der Waals surface area contributed by atoms with Crippen LogP contribution < -0.4 is 21.3 Å². The zero-order valence-corrected chi connectivity index (χ0v) is 17.7. The van der Waals surface area contributed by atoms with Crippen LogP contribution in [0.2, 0.25) is 0 Å². The molecule has 8 heteroatoms. The molecule has 0 bridgehead atoms. The van der Waals surface area contributed by atoms with Gasteiger partial charge in [-0.1, -0.05) is 24.3 Å². The molecule has 0 aromatic heterocycles. The maximum Gasteiger partial charge on any atom is 0.196 e. The zero-order valence-electron chi connectivity index (χ0n) is 16.8. The molecule has 2 aromatic rings. The molecule has 0 aliphatic heterocycles. The van der Waals surface area contributed by atoms with Crippen LogP contribution in [0.3, 0.4) is 0 Å². The minimum Gasteiger partial charge on any atom is -0.395 e. The van der Waals surface area contributed by atoms with Gasteiger partial charge in [-0.15, -0.1) is 0 Å². The van der Waals surface area contributed by atoms with E-state index >= 15 is 0 Å². The number of hydrogen-bond acceptors (Lipinski definition) is 8. The van der Waals surface area contributed by atoms with Crippen molar-refractivity contribution in [2.75, 3.05) is 62.3 Å². The molecule has 0 atom stereocenters. The van der Waals surface area contributed by atoms with E-state index in [0.29, 0.717) is 59.8 Å². The van der Waals surface area contributed by atoms with Gasteiger partial charge >= 0.3 is 0 Å². The van der Waals surface area contributed by atoms with E-state index in [1.165, 1.54) is 0 Å². The minimum absolute atomic E-state index is 0.0718. The third kappa shape index (κ3) is 5.02. The van der Waals surface area contributed by atoms with Crippen LogP contribution in [0.4, 0.5) is 11.4 Å². The second kappa shape index (κ2) is 11.1. The van der Waals surface area contributed by atoms with Gasteiger partial charge in [-0.3, -0.25) is 9.59 Å². The summed E-state index contributed by atoms with van der Waals surface area (Å²) in [6.07, 6.45) is 0. The number of fused-ring (bicyclic) bond motifs is 2. The van der Waals surface area contributed by atoms with E-state index in [4.69, 9.17) is 5.11 Å². The number of aliphatic hydroxyl groups excluding tert-OH is 1. The summed E-state index contributed by atoms with van der Waals surface area (Å²) >= 11 is 4.18. The SMILES string of the molecule is O=C1c2ccccc2C(=O)c2c(NCCNCCS)ccc(NCCNCCO)c21. The predicted molar refractivity (Wildman–Crippen MR) is 123 cm³/mol. The van der Waals surface area contributed by atoms with Crippen molar-refractivity contribution in [3.05, 3.63) is 58.7 Å². The Morgan fingerprint density at radius 3 is 1.67 bits per heavy atom. The summed E-state index contributed by atoms with van der Waals surface area (Å²) in [4.78, 5) is 26.6. The van der Waals surface area contributed by atoms with E-state index < -0.39 is 0 Å². The fraction of sp³-hybridized carbons (Fsp3) is 0.364. The number of carbonyl (C=O) groups excluding carboxylic acids is 2. The van der Waals surface area contributed by atoms with Crippen molar-refractivity contribution in [1.29, 1.82) is 0 Å². The topological polar surface area (TPSA) is 102 Å². The molecule has 1 aliphatic carbocycles. The van der Waals surface area contributed by atoms with Crippen molar-refractivity contribution in [3.63, 3.8) is 0 Å². The summed E-state index contributed by atoms with van der Waals surface area (Å²) in [5, 5.41) is 21.8. The van der Waals surface area contributed by atoms with Crippen LogP contribution in [-0.2, 0) is 0 Å². The monoisotopic (exact) mass is 428 g/mol. The molecule has 160 valence electrons. The average Bonchev–Trinajstić information content (AvgIpc) is 2.77. The Morgan fingerprint density at radius 1 is 0.700 bits per heavy atom. The number of ketones is 2. The van der Waals surface area contributed by atoms with Gasteiger partial charge in [-0.2, -0.15) is 12.6 Å². The van der Waals surface area contributed by atoms with E-state index in [-0.39, 0.29) is 18.2 Å².